The van der Waals surface area contributed by atoms with Crippen LogP contribution in [0.5, 0.6) is 0 Å². The summed E-state index contributed by atoms with van der Waals surface area (Å²) in [5.41, 5.74) is 2.75. The van der Waals surface area contributed by atoms with Gasteiger partial charge in [0.2, 0.25) is 0 Å². The second-order valence-corrected chi connectivity index (χ2v) is 4.98. The first kappa shape index (κ1) is 11.6. The summed E-state index contributed by atoms with van der Waals surface area (Å²) in [4.78, 5) is 2.41. The van der Waals surface area contributed by atoms with Gasteiger partial charge in [0.15, 0.2) is 0 Å². The lowest BCUT2D eigenvalue weighted by Crippen LogP contribution is -2.34. The Labute approximate surface area is 98.7 Å². The molecule has 1 N–H and O–H groups in total. The van der Waals surface area contributed by atoms with Gasteiger partial charge in [0.1, 0.15) is 0 Å². The predicted octanol–water partition coefficient (Wildman–Crippen LogP) is 2.18. The molecule has 2 heteroatoms. The molecular weight excluding hydrogens is 196 g/mol. The Hall–Kier alpha value is -0.860. The van der Waals surface area contributed by atoms with E-state index in [1.54, 1.807) is 0 Å². The molecule has 0 unspecified atom stereocenters. The van der Waals surface area contributed by atoms with Gasteiger partial charge in [-0.05, 0) is 38.9 Å². The monoisotopic (exact) mass is 218 g/mol. The van der Waals surface area contributed by atoms with Crippen molar-refractivity contribution in [1.29, 1.82) is 0 Å². The second-order valence-electron chi connectivity index (χ2n) is 4.98. The molecule has 1 fully saturated rings. The molecule has 0 radical (unpaired) electrons. The lowest BCUT2D eigenvalue weighted by Gasteiger charge is -2.21. The minimum absolute atomic E-state index is 0.704. The highest BCUT2D eigenvalue weighted by Crippen LogP contribution is 2.09. The molecule has 88 valence electrons. The van der Waals surface area contributed by atoms with E-state index in [0.717, 1.165) is 13.1 Å². The van der Waals surface area contributed by atoms with Gasteiger partial charge in [0.05, 0.1) is 0 Å². The van der Waals surface area contributed by atoms with E-state index in [9.17, 15) is 0 Å². The van der Waals surface area contributed by atoms with Gasteiger partial charge in [-0.25, -0.2) is 0 Å². The molecule has 1 atom stereocenters. The highest BCUT2D eigenvalue weighted by Gasteiger charge is 2.15. The highest BCUT2D eigenvalue weighted by atomic mass is 15.1. The Balaban J connectivity index is 1.81. The number of aryl methyl sites for hydroxylation is 1. The van der Waals surface area contributed by atoms with Gasteiger partial charge in [-0.3, -0.25) is 0 Å². The largest absolute Gasteiger partial charge is 0.313 e. The van der Waals surface area contributed by atoms with Crippen molar-refractivity contribution in [2.24, 2.45) is 0 Å². The van der Waals surface area contributed by atoms with E-state index in [-0.39, 0.29) is 0 Å². The van der Waals surface area contributed by atoms with Crippen LogP contribution in [0.15, 0.2) is 24.3 Å². The molecule has 1 aliphatic rings. The minimum atomic E-state index is 0.704. The zero-order valence-corrected chi connectivity index (χ0v) is 10.4. The van der Waals surface area contributed by atoms with Crippen molar-refractivity contribution in [3.8, 4) is 0 Å². The Morgan fingerprint density at radius 2 is 2.06 bits per heavy atom. The van der Waals surface area contributed by atoms with E-state index in [1.165, 1.54) is 30.5 Å². The average Bonchev–Trinajstić information content (AvgIpc) is 2.74. The molecule has 0 amide bonds. The standard InChI is InChI=1S/C14H22N2/c1-12-5-7-13(8-6-12)10-16(2)11-14-4-3-9-15-14/h5-8,14-15H,3-4,9-11H2,1-2H3/t14-/m0/s1. The van der Waals surface area contributed by atoms with E-state index in [2.05, 4.69) is 48.5 Å². The Morgan fingerprint density at radius 3 is 2.69 bits per heavy atom. The van der Waals surface area contributed by atoms with Gasteiger partial charge in [0.25, 0.3) is 0 Å². The fourth-order valence-electron chi connectivity index (χ4n) is 2.36. The van der Waals surface area contributed by atoms with E-state index >= 15 is 0 Å². The number of hydrogen-bond donors (Lipinski definition) is 1. The normalized spacial score (nSPS) is 20.6. The molecule has 2 nitrogen and oxygen atoms in total. The van der Waals surface area contributed by atoms with Crippen LogP contribution in [0, 0.1) is 6.92 Å². The van der Waals surface area contributed by atoms with Gasteiger partial charge in [-0.2, -0.15) is 0 Å². The summed E-state index contributed by atoms with van der Waals surface area (Å²) in [6, 6.07) is 9.55. The van der Waals surface area contributed by atoms with Crippen molar-refractivity contribution in [2.45, 2.75) is 32.4 Å². The van der Waals surface area contributed by atoms with Crippen molar-refractivity contribution in [3.63, 3.8) is 0 Å². The molecule has 1 saturated heterocycles. The third-order valence-electron chi connectivity index (χ3n) is 3.27. The number of hydrogen-bond acceptors (Lipinski definition) is 2. The van der Waals surface area contributed by atoms with Gasteiger partial charge in [0, 0.05) is 19.1 Å². The van der Waals surface area contributed by atoms with Crippen LogP contribution in [0.3, 0.4) is 0 Å². The zero-order chi connectivity index (χ0) is 11.4. The third kappa shape index (κ3) is 3.32. The molecule has 1 aromatic rings. The highest BCUT2D eigenvalue weighted by molar-refractivity contribution is 5.21. The maximum Gasteiger partial charge on any atom is 0.0231 e. The molecule has 0 bridgehead atoms. The quantitative estimate of drug-likeness (QED) is 0.833. The summed E-state index contributed by atoms with van der Waals surface area (Å²) < 4.78 is 0. The molecule has 0 spiro atoms. The lowest BCUT2D eigenvalue weighted by atomic mass is 10.1. The summed E-state index contributed by atoms with van der Waals surface area (Å²) in [5, 5.41) is 3.54. The van der Waals surface area contributed by atoms with Crippen LogP contribution in [0.1, 0.15) is 24.0 Å². The van der Waals surface area contributed by atoms with E-state index in [1.807, 2.05) is 0 Å². The van der Waals surface area contributed by atoms with Crippen LogP contribution in [0.25, 0.3) is 0 Å². The van der Waals surface area contributed by atoms with Crippen LogP contribution in [0.4, 0.5) is 0 Å². The number of benzene rings is 1. The van der Waals surface area contributed by atoms with Crippen LogP contribution in [-0.4, -0.2) is 31.1 Å². The molecule has 0 saturated carbocycles. The Morgan fingerprint density at radius 1 is 1.31 bits per heavy atom. The first-order valence-electron chi connectivity index (χ1n) is 6.21. The maximum atomic E-state index is 3.54. The van der Waals surface area contributed by atoms with Crippen molar-refractivity contribution in [2.75, 3.05) is 20.1 Å². The van der Waals surface area contributed by atoms with Gasteiger partial charge < -0.3 is 10.2 Å². The molecule has 2 rings (SSSR count). The molecule has 0 aromatic heterocycles. The summed E-state index contributed by atoms with van der Waals surface area (Å²) in [6.07, 6.45) is 2.67. The molecule has 16 heavy (non-hydrogen) atoms. The molecule has 1 aliphatic heterocycles. The van der Waals surface area contributed by atoms with Gasteiger partial charge >= 0.3 is 0 Å². The van der Waals surface area contributed by atoms with Crippen molar-refractivity contribution >= 4 is 0 Å². The van der Waals surface area contributed by atoms with Crippen molar-refractivity contribution < 1.29 is 0 Å². The first-order chi connectivity index (χ1) is 7.74. The van der Waals surface area contributed by atoms with Crippen LogP contribution in [0.2, 0.25) is 0 Å². The third-order valence-corrected chi connectivity index (χ3v) is 3.27. The minimum Gasteiger partial charge on any atom is -0.313 e. The van der Waals surface area contributed by atoms with Gasteiger partial charge in [-0.15, -0.1) is 0 Å². The second kappa shape index (κ2) is 5.46. The fraction of sp³-hybridized carbons (Fsp3) is 0.571. The summed E-state index contributed by atoms with van der Waals surface area (Å²) in [7, 11) is 2.21. The summed E-state index contributed by atoms with van der Waals surface area (Å²) >= 11 is 0. The first-order valence-corrected chi connectivity index (χ1v) is 6.21. The van der Waals surface area contributed by atoms with Crippen LogP contribution < -0.4 is 5.32 Å². The van der Waals surface area contributed by atoms with E-state index in [0.29, 0.717) is 6.04 Å². The van der Waals surface area contributed by atoms with E-state index in [4.69, 9.17) is 0 Å². The topological polar surface area (TPSA) is 15.3 Å². The SMILES string of the molecule is Cc1ccc(CN(C)C[C@@H]2CCCN2)cc1. The fourth-order valence-corrected chi connectivity index (χ4v) is 2.36. The lowest BCUT2D eigenvalue weighted by molar-refractivity contribution is 0.293. The molecule has 0 aliphatic carbocycles. The van der Waals surface area contributed by atoms with Crippen molar-refractivity contribution in [3.05, 3.63) is 35.4 Å². The number of nitrogens with zero attached hydrogens (tertiary/aromatic N) is 1. The predicted molar refractivity (Wildman–Crippen MR) is 68.5 cm³/mol. The molecular formula is C14H22N2. The molecule has 1 heterocycles. The Kier molecular flexibility index (Phi) is 3.97. The van der Waals surface area contributed by atoms with Crippen LogP contribution in [-0.2, 0) is 6.54 Å². The zero-order valence-electron chi connectivity index (χ0n) is 10.4. The maximum absolute atomic E-state index is 3.54. The number of likely N-dealkylation sites (N-methyl/N-ethyl adjacent to an activating group) is 1. The smallest absolute Gasteiger partial charge is 0.0231 e. The summed E-state index contributed by atoms with van der Waals surface area (Å²) in [6.45, 7) is 5.55. The van der Waals surface area contributed by atoms with Crippen LogP contribution >= 0.6 is 0 Å². The number of nitrogens with one attached hydrogen (secondary N) is 1. The van der Waals surface area contributed by atoms with E-state index < -0.39 is 0 Å². The van der Waals surface area contributed by atoms with Crippen molar-refractivity contribution in [1.82, 2.24) is 10.2 Å². The Bertz CT molecular complexity index is 312. The number of rotatable bonds is 4. The summed E-state index contributed by atoms with van der Waals surface area (Å²) in [5.74, 6) is 0. The average molecular weight is 218 g/mol. The van der Waals surface area contributed by atoms with Gasteiger partial charge in [-0.1, -0.05) is 29.8 Å². The molecule has 1 aromatic carbocycles.